The van der Waals surface area contributed by atoms with Crippen LogP contribution in [0.1, 0.15) is 19.4 Å². The standard InChI is InChI=1S/C13H17FN2O3/c1-13(2,11(17)18)16-12(19)15-7-6-9-4-3-5-10(14)8-9/h3-5,8H,6-7H2,1-2H3,(H,17,18)(H2,15,16,19). The largest absolute Gasteiger partial charge is 0.480 e. The number of hydrogen-bond donors (Lipinski definition) is 3. The van der Waals surface area contributed by atoms with Crippen molar-refractivity contribution in [1.82, 2.24) is 10.6 Å². The Labute approximate surface area is 110 Å². The number of carboxylic acid groups (broad SMARTS) is 1. The first-order chi connectivity index (χ1) is 8.81. The van der Waals surface area contributed by atoms with Gasteiger partial charge in [-0.25, -0.2) is 14.0 Å². The molecule has 6 heteroatoms. The van der Waals surface area contributed by atoms with E-state index in [0.717, 1.165) is 5.56 Å². The number of urea groups is 1. The van der Waals surface area contributed by atoms with Crippen molar-refractivity contribution in [2.75, 3.05) is 6.54 Å². The molecule has 0 saturated carbocycles. The van der Waals surface area contributed by atoms with Gasteiger partial charge in [0.25, 0.3) is 0 Å². The molecule has 0 atom stereocenters. The lowest BCUT2D eigenvalue weighted by molar-refractivity contribution is -0.142. The Morgan fingerprint density at radius 2 is 2.05 bits per heavy atom. The predicted molar refractivity (Wildman–Crippen MR) is 68.4 cm³/mol. The molecule has 1 aromatic rings. The molecule has 5 nitrogen and oxygen atoms in total. The number of amides is 2. The van der Waals surface area contributed by atoms with E-state index in [0.29, 0.717) is 13.0 Å². The number of rotatable bonds is 5. The number of hydrogen-bond acceptors (Lipinski definition) is 2. The summed E-state index contributed by atoms with van der Waals surface area (Å²) in [5.41, 5.74) is -0.569. The van der Waals surface area contributed by atoms with Crippen molar-refractivity contribution in [3.63, 3.8) is 0 Å². The molecular weight excluding hydrogens is 251 g/mol. The molecule has 3 N–H and O–H groups in total. The summed E-state index contributed by atoms with van der Waals surface area (Å²) in [4.78, 5) is 22.3. The normalized spacial score (nSPS) is 10.9. The highest BCUT2D eigenvalue weighted by molar-refractivity contribution is 5.85. The first kappa shape index (κ1) is 14.9. The van der Waals surface area contributed by atoms with Gasteiger partial charge in [-0.05, 0) is 38.0 Å². The lowest BCUT2D eigenvalue weighted by Gasteiger charge is -2.21. The molecule has 1 rings (SSSR count). The van der Waals surface area contributed by atoms with Gasteiger partial charge in [-0.2, -0.15) is 0 Å². The fraction of sp³-hybridized carbons (Fsp3) is 0.385. The summed E-state index contributed by atoms with van der Waals surface area (Å²) >= 11 is 0. The third-order valence-corrected chi connectivity index (χ3v) is 2.55. The number of carboxylic acids is 1. The highest BCUT2D eigenvalue weighted by Gasteiger charge is 2.28. The second kappa shape index (κ2) is 6.17. The average Bonchev–Trinajstić information content (AvgIpc) is 2.28. The van der Waals surface area contributed by atoms with Crippen LogP contribution in [-0.4, -0.2) is 29.2 Å². The summed E-state index contributed by atoms with van der Waals surface area (Å²) in [5, 5.41) is 13.7. The van der Waals surface area contributed by atoms with Gasteiger partial charge < -0.3 is 15.7 Å². The average molecular weight is 268 g/mol. The first-order valence-electron chi connectivity index (χ1n) is 5.85. The van der Waals surface area contributed by atoms with Gasteiger partial charge in [0.2, 0.25) is 0 Å². The van der Waals surface area contributed by atoms with Crippen LogP contribution in [0.5, 0.6) is 0 Å². The number of benzene rings is 1. The van der Waals surface area contributed by atoms with Crippen molar-refractivity contribution in [3.05, 3.63) is 35.6 Å². The molecule has 104 valence electrons. The third kappa shape index (κ3) is 4.95. The van der Waals surface area contributed by atoms with E-state index in [2.05, 4.69) is 10.6 Å². The fourth-order valence-corrected chi connectivity index (χ4v) is 1.39. The summed E-state index contributed by atoms with van der Waals surface area (Å²) in [5.74, 6) is -1.44. The van der Waals surface area contributed by atoms with E-state index in [-0.39, 0.29) is 5.82 Å². The van der Waals surface area contributed by atoms with Gasteiger partial charge in [-0.15, -0.1) is 0 Å². The van der Waals surface area contributed by atoms with Crippen LogP contribution < -0.4 is 10.6 Å². The van der Waals surface area contributed by atoms with Crippen LogP contribution in [0.3, 0.4) is 0 Å². The van der Waals surface area contributed by atoms with Gasteiger partial charge in [-0.3, -0.25) is 0 Å². The maximum absolute atomic E-state index is 12.9. The van der Waals surface area contributed by atoms with Gasteiger partial charge in [0.1, 0.15) is 11.4 Å². The molecule has 0 saturated heterocycles. The van der Waals surface area contributed by atoms with Crippen LogP contribution in [-0.2, 0) is 11.2 Å². The summed E-state index contributed by atoms with van der Waals surface area (Å²) in [7, 11) is 0. The zero-order valence-corrected chi connectivity index (χ0v) is 10.9. The fourth-order valence-electron chi connectivity index (χ4n) is 1.39. The number of carbonyl (C=O) groups excluding carboxylic acids is 1. The Balaban J connectivity index is 2.37. The van der Waals surface area contributed by atoms with Gasteiger partial charge in [0, 0.05) is 6.54 Å². The maximum atomic E-state index is 12.9. The highest BCUT2D eigenvalue weighted by Crippen LogP contribution is 2.04. The minimum atomic E-state index is -1.33. The van der Waals surface area contributed by atoms with Gasteiger partial charge >= 0.3 is 12.0 Å². The number of halogens is 1. The van der Waals surface area contributed by atoms with Crippen LogP contribution in [0, 0.1) is 5.82 Å². The third-order valence-electron chi connectivity index (χ3n) is 2.55. The molecular formula is C13H17FN2O3. The monoisotopic (exact) mass is 268 g/mol. The number of aliphatic carboxylic acids is 1. The minimum Gasteiger partial charge on any atom is -0.480 e. The molecule has 0 aliphatic heterocycles. The molecule has 0 aromatic heterocycles. The zero-order chi connectivity index (χ0) is 14.5. The Kier molecular flexibility index (Phi) is 4.86. The van der Waals surface area contributed by atoms with Gasteiger partial charge in [0.05, 0.1) is 0 Å². The topological polar surface area (TPSA) is 78.4 Å². The van der Waals surface area contributed by atoms with Crippen LogP contribution in [0.2, 0.25) is 0 Å². The van der Waals surface area contributed by atoms with Crippen LogP contribution in [0.25, 0.3) is 0 Å². The number of carbonyl (C=O) groups is 2. The van der Waals surface area contributed by atoms with E-state index in [4.69, 9.17) is 5.11 Å². The lowest BCUT2D eigenvalue weighted by Crippen LogP contribution is -2.53. The molecule has 2 amide bonds. The van der Waals surface area contributed by atoms with Crippen molar-refractivity contribution in [2.24, 2.45) is 0 Å². The van der Waals surface area contributed by atoms with E-state index in [1.54, 1.807) is 12.1 Å². The van der Waals surface area contributed by atoms with Gasteiger partial charge in [-0.1, -0.05) is 12.1 Å². The van der Waals surface area contributed by atoms with Crippen LogP contribution in [0.4, 0.5) is 9.18 Å². The summed E-state index contributed by atoms with van der Waals surface area (Å²) in [6.45, 7) is 3.08. The zero-order valence-electron chi connectivity index (χ0n) is 10.9. The van der Waals surface area contributed by atoms with E-state index in [9.17, 15) is 14.0 Å². The van der Waals surface area contributed by atoms with Crippen molar-refractivity contribution in [1.29, 1.82) is 0 Å². The summed E-state index contributed by atoms with van der Waals surface area (Å²) in [6.07, 6.45) is 0.471. The van der Waals surface area contributed by atoms with Crippen molar-refractivity contribution in [3.8, 4) is 0 Å². The second-order valence-electron chi connectivity index (χ2n) is 4.69. The molecule has 0 radical (unpaired) electrons. The van der Waals surface area contributed by atoms with Crippen molar-refractivity contribution >= 4 is 12.0 Å². The quantitative estimate of drug-likeness (QED) is 0.757. The summed E-state index contributed by atoms with van der Waals surface area (Å²) < 4.78 is 12.9. The Bertz CT molecular complexity index is 475. The molecule has 0 aliphatic rings. The molecule has 0 bridgehead atoms. The Hall–Kier alpha value is -2.11. The molecule has 0 aliphatic carbocycles. The van der Waals surface area contributed by atoms with E-state index in [1.807, 2.05) is 0 Å². The van der Waals surface area contributed by atoms with Crippen LogP contribution >= 0.6 is 0 Å². The Morgan fingerprint density at radius 3 is 2.63 bits per heavy atom. The lowest BCUT2D eigenvalue weighted by atomic mass is 10.1. The van der Waals surface area contributed by atoms with Crippen LogP contribution in [0.15, 0.2) is 24.3 Å². The molecule has 0 fully saturated rings. The Morgan fingerprint density at radius 1 is 1.37 bits per heavy atom. The minimum absolute atomic E-state index is 0.297. The van der Waals surface area contributed by atoms with Crippen molar-refractivity contribution in [2.45, 2.75) is 25.8 Å². The maximum Gasteiger partial charge on any atom is 0.328 e. The van der Waals surface area contributed by atoms with Gasteiger partial charge in [0.15, 0.2) is 0 Å². The van der Waals surface area contributed by atoms with E-state index >= 15 is 0 Å². The highest BCUT2D eigenvalue weighted by atomic mass is 19.1. The second-order valence-corrected chi connectivity index (χ2v) is 4.69. The van der Waals surface area contributed by atoms with Crippen molar-refractivity contribution < 1.29 is 19.1 Å². The van der Waals surface area contributed by atoms with E-state index in [1.165, 1.54) is 26.0 Å². The van der Waals surface area contributed by atoms with E-state index < -0.39 is 17.5 Å². The number of nitrogens with one attached hydrogen (secondary N) is 2. The molecule has 0 heterocycles. The molecule has 19 heavy (non-hydrogen) atoms. The smallest absolute Gasteiger partial charge is 0.328 e. The molecule has 1 aromatic carbocycles. The molecule has 0 unspecified atom stereocenters. The predicted octanol–water partition coefficient (Wildman–Crippen LogP) is 1.53. The first-order valence-corrected chi connectivity index (χ1v) is 5.85. The SMILES string of the molecule is CC(C)(NC(=O)NCCc1cccc(F)c1)C(=O)O. The molecule has 0 spiro atoms. The summed E-state index contributed by atoms with van der Waals surface area (Å²) in [6, 6.07) is 5.52.